The summed E-state index contributed by atoms with van der Waals surface area (Å²) < 4.78 is 19.2. The molecule has 1 N–H and O–H groups in total. The molecule has 6 heteroatoms. The van der Waals surface area contributed by atoms with E-state index < -0.39 is 11.9 Å². The SMILES string of the molecule is CC[C@H](C(=O)NC(C)C)N(Cc1ccc(C)cc1)C(=O)COc1ccccc1F. The zero-order chi connectivity index (χ0) is 21.4. The summed E-state index contributed by atoms with van der Waals surface area (Å²) in [4.78, 5) is 27.2. The first-order chi connectivity index (χ1) is 13.8. The summed E-state index contributed by atoms with van der Waals surface area (Å²) in [6, 6.07) is 13.0. The van der Waals surface area contributed by atoms with E-state index in [0.717, 1.165) is 11.1 Å². The van der Waals surface area contributed by atoms with Gasteiger partial charge in [0.1, 0.15) is 6.04 Å². The van der Waals surface area contributed by atoms with Crippen LogP contribution in [0.1, 0.15) is 38.3 Å². The van der Waals surface area contributed by atoms with Gasteiger partial charge in [0.05, 0.1) is 0 Å². The number of para-hydroxylation sites is 1. The minimum Gasteiger partial charge on any atom is -0.481 e. The van der Waals surface area contributed by atoms with E-state index in [9.17, 15) is 14.0 Å². The van der Waals surface area contributed by atoms with Gasteiger partial charge in [0.15, 0.2) is 18.2 Å². The number of amides is 2. The highest BCUT2D eigenvalue weighted by molar-refractivity contribution is 5.88. The van der Waals surface area contributed by atoms with Crippen molar-refractivity contribution in [3.8, 4) is 5.75 Å². The summed E-state index contributed by atoms with van der Waals surface area (Å²) in [6.45, 7) is 7.51. The number of nitrogens with one attached hydrogen (secondary N) is 1. The maximum atomic E-state index is 13.8. The maximum absolute atomic E-state index is 13.8. The summed E-state index contributed by atoms with van der Waals surface area (Å²) in [5.74, 6) is -1.11. The topological polar surface area (TPSA) is 58.6 Å². The Balaban J connectivity index is 2.21. The maximum Gasteiger partial charge on any atom is 0.261 e. The van der Waals surface area contributed by atoms with Crippen LogP contribution in [0.15, 0.2) is 48.5 Å². The predicted molar refractivity (Wildman–Crippen MR) is 111 cm³/mol. The summed E-state index contributed by atoms with van der Waals surface area (Å²) >= 11 is 0. The first-order valence-electron chi connectivity index (χ1n) is 9.84. The Hall–Kier alpha value is -2.89. The number of aryl methyl sites for hydroxylation is 1. The van der Waals surface area contributed by atoms with Crippen molar-refractivity contribution in [2.45, 2.75) is 52.7 Å². The number of rotatable bonds is 9. The molecule has 2 rings (SSSR count). The number of ether oxygens (including phenoxy) is 1. The lowest BCUT2D eigenvalue weighted by Crippen LogP contribution is -2.51. The molecule has 0 saturated heterocycles. The molecule has 0 fully saturated rings. The van der Waals surface area contributed by atoms with Crippen LogP contribution in [0.3, 0.4) is 0 Å². The second-order valence-corrected chi connectivity index (χ2v) is 7.31. The van der Waals surface area contributed by atoms with Gasteiger partial charge in [-0.15, -0.1) is 0 Å². The summed E-state index contributed by atoms with van der Waals surface area (Å²) in [5.41, 5.74) is 2.02. The average Bonchev–Trinajstić information content (AvgIpc) is 2.68. The Bertz CT molecular complexity index is 821. The standard InChI is InChI=1S/C23H29FN2O3/c1-5-20(23(28)25-16(2)3)26(14-18-12-10-17(4)11-13-18)22(27)15-29-21-9-7-6-8-19(21)24/h6-13,16,20H,5,14-15H2,1-4H3,(H,25,28)/t20-/m1/s1. The molecule has 0 saturated carbocycles. The van der Waals surface area contributed by atoms with Gasteiger partial charge < -0.3 is 15.0 Å². The van der Waals surface area contributed by atoms with Gasteiger partial charge in [0.2, 0.25) is 5.91 Å². The number of benzene rings is 2. The summed E-state index contributed by atoms with van der Waals surface area (Å²) in [7, 11) is 0. The number of nitrogens with zero attached hydrogens (tertiary/aromatic N) is 1. The van der Waals surface area contributed by atoms with E-state index >= 15 is 0 Å². The molecule has 0 bridgehead atoms. The molecule has 0 spiro atoms. The first-order valence-corrected chi connectivity index (χ1v) is 9.84. The van der Waals surface area contributed by atoms with Crippen molar-refractivity contribution < 1.29 is 18.7 Å². The van der Waals surface area contributed by atoms with E-state index in [0.29, 0.717) is 6.42 Å². The fourth-order valence-electron chi connectivity index (χ4n) is 2.97. The van der Waals surface area contributed by atoms with Gasteiger partial charge in [-0.1, -0.05) is 48.9 Å². The molecule has 0 aliphatic heterocycles. The number of carbonyl (C=O) groups excluding carboxylic acids is 2. The smallest absolute Gasteiger partial charge is 0.261 e. The molecule has 1 atom stereocenters. The molecule has 0 aliphatic carbocycles. The van der Waals surface area contributed by atoms with Crippen molar-refractivity contribution in [3.05, 3.63) is 65.5 Å². The molecule has 0 heterocycles. The second kappa shape index (κ2) is 10.6. The highest BCUT2D eigenvalue weighted by Crippen LogP contribution is 2.17. The average molecular weight is 400 g/mol. The third-order valence-electron chi connectivity index (χ3n) is 4.48. The van der Waals surface area contributed by atoms with E-state index in [-0.39, 0.29) is 36.8 Å². The summed E-state index contributed by atoms with van der Waals surface area (Å²) in [5, 5.41) is 2.87. The van der Waals surface area contributed by atoms with Crippen molar-refractivity contribution in [3.63, 3.8) is 0 Å². The molecule has 156 valence electrons. The molecule has 0 aromatic heterocycles. The molecule has 2 amide bonds. The Morgan fingerprint density at radius 1 is 1.10 bits per heavy atom. The quantitative estimate of drug-likeness (QED) is 0.696. The molecule has 5 nitrogen and oxygen atoms in total. The van der Waals surface area contributed by atoms with Gasteiger partial charge in [-0.3, -0.25) is 9.59 Å². The molecule has 0 aliphatic rings. The highest BCUT2D eigenvalue weighted by atomic mass is 19.1. The van der Waals surface area contributed by atoms with Crippen LogP contribution in [0.25, 0.3) is 0 Å². The molecular weight excluding hydrogens is 371 g/mol. The third-order valence-corrected chi connectivity index (χ3v) is 4.48. The van der Waals surface area contributed by atoms with E-state index in [4.69, 9.17) is 4.74 Å². The number of hydrogen-bond donors (Lipinski definition) is 1. The third kappa shape index (κ3) is 6.59. The van der Waals surface area contributed by atoms with Crippen molar-refractivity contribution >= 4 is 11.8 Å². The van der Waals surface area contributed by atoms with Gasteiger partial charge in [-0.05, 0) is 44.9 Å². The van der Waals surface area contributed by atoms with E-state index in [1.807, 2.05) is 52.0 Å². The van der Waals surface area contributed by atoms with Crippen molar-refractivity contribution in [1.29, 1.82) is 0 Å². The molecule has 0 unspecified atom stereocenters. The van der Waals surface area contributed by atoms with Gasteiger partial charge in [0, 0.05) is 12.6 Å². The Kier molecular flexibility index (Phi) is 8.19. The fraction of sp³-hybridized carbons (Fsp3) is 0.391. The van der Waals surface area contributed by atoms with E-state index in [1.165, 1.54) is 17.0 Å². The van der Waals surface area contributed by atoms with Crippen LogP contribution in [0.5, 0.6) is 5.75 Å². The van der Waals surface area contributed by atoms with Crippen LogP contribution in [0.2, 0.25) is 0 Å². The van der Waals surface area contributed by atoms with Crippen molar-refractivity contribution in [2.75, 3.05) is 6.61 Å². The Morgan fingerprint density at radius 3 is 2.34 bits per heavy atom. The van der Waals surface area contributed by atoms with E-state index in [1.54, 1.807) is 12.1 Å². The first kappa shape index (κ1) is 22.4. The Labute approximate surface area is 171 Å². The molecular formula is C23H29FN2O3. The molecule has 2 aromatic rings. The minimum atomic E-state index is -0.643. The molecule has 29 heavy (non-hydrogen) atoms. The highest BCUT2D eigenvalue weighted by Gasteiger charge is 2.29. The van der Waals surface area contributed by atoms with Gasteiger partial charge in [0.25, 0.3) is 5.91 Å². The number of carbonyl (C=O) groups is 2. The van der Waals surface area contributed by atoms with Crippen LogP contribution in [-0.2, 0) is 16.1 Å². The normalized spacial score (nSPS) is 11.8. The van der Waals surface area contributed by atoms with Crippen LogP contribution >= 0.6 is 0 Å². The predicted octanol–water partition coefficient (Wildman–Crippen LogP) is 3.84. The van der Waals surface area contributed by atoms with Crippen LogP contribution < -0.4 is 10.1 Å². The van der Waals surface area contributed by atoms with Crippen LogP contribution in [-0.4, -0.2) is 35.4 Å². The van der Waals surface area contributed by atoms with Gasteiger partial charge in [-0.2, -0.15) is 0 Å². The summed E-state index contributed by atoms with van der Waals surface area (Å²) in [6.07, 6.45) is 0.454. The van der Waals surface area contributed by atoms with Gasteiger partial charge in [-0.25, -0.2) is 4.39 Å². The lowest BCUT2D eigenvalue weighted by Gasteiger charge is -2.31. The Morgan fingerprint density at radius 2 is 1.76 bits per heavy atom. The fourth-order valence-corrected chi connectivity index (χ4v) is 2.97. The van der Waals surface area contributed by atoms with Crippen LogP contribution in [0.4, 0.5) is 4.39 Å². The lowest BCUT2D eigenvalue weighted by atomic mass is 10.1. The minimum absolute atomic E-state index is 0.0100. The number of halogens is 1. The second-order valence-electron chi connectivity index (χ2n) is 7.31. The monoisotopic (exact) mass is 400 g/mol. The lowest BCUT2D eigenvalue weighted by molar-refractivity contribution is -0.143. The molecule has 2 aromatic carbocycles. The van der Waals surface area contributed by atoms with Crippen molar-refractivity contribution in [1.82, 2.24) is 10.2 Å². The van der Waals surface area contributed by atoms with Gasteiger partial charge >= 0.3 is 0 Å². The van der Waals surface area contributed by atoms with Crippen LogP contribution in [0, 0.1) is 12.7 Å². The largest absolute Gasteiger partial charge is 0.481 e. The zero-order valence-electron chi connectivity index (χ0n) is 17.4. The van der Waals surface area contributed by atoms with E-state index in [2.05, 4.69) is 5.32 Å². The van der Waals surface area contributed by atoms with Crippen molar-refractivity contribution in [2.24, 2.45) is 0 Å². The number of hydrogen-bond acceptors (Lipinski definition) is 3. The zero-order valence-corrected chi connectivity index (χ0v) is 17.4. The molecule has 0 radical (unpaired) electrons.